The Morgan fingerprint density at radius 2 is 2.24 bits per heavy atom. The van der Waals surface area contributed by atoms with E-state index in [-0.39, 0.29) is 11.7 Å². The van der Waals surface area contributed by atoms with Gasteiger partial charge >= 0.3 is 0 Å². The Labute approximate surface area is 213 Å². The summed E-state index contributed by atoms with van der Waals surface area (Å²) in [6, 6.07) is 0.403. The van der Waals surface area contributed by atoms with Crippen molar-refractivity contribution in [2.24, 2.45) is 11.8 Å². The second kappa shape index (κ2) is 13.6. The molecule has 0 spiro atoms. The van der Waals surface area contributed by atoms with Crippen LogP contribution < -0.4 is 10.6 Å². The standard InChI is InChI=1S/C25H39Cl2N3O2S/c1-3-4-13-30(25-29-23(16-33-25)20-9-10-21(26)22(27)14-20)15-18-5-7-19(8-6-18)24(32)28-12-11-17(2)31/h5,9-10,19-20,23-25,28-29,31-32H,2-4,6-8,11-16H2,1H3/t19?,20-,23?,24?,25+/m1/s1. The van der Waals surface area contributed by atoms with E-state index in [1.807, 2.05) is 17.8 Å². The molecule has 3 unspecified atom stereocenters. The zero-order chi connectivity index (χ0) is 23.8. The number of hydrogen-bond donors (Lipinski definition) is 4. The molecule has 3 aliphatic rings. The van der Waals surface area contributed by atoms with Gasteiger partial charge < -0.3 is 10.2 Å². The third kappa shape index (κ3) is 8.31. The SMILES string of the molecule is C=C(O)CCNC(O)C1CC=C(CN(CCCC)[C@@H]2NC([C@@H]3C=CC(Cl)=C(Cl)C3)CS2)CC1. The summed E-state index contributed by atoms with van der Waals surface area (Å²) in [5, 5.41) is 28.0. The van der Waals surface area contributed by atoms with Crippen LogP contribution in [0.5, 0.6) is 0 Å². The highest BCUT2D eigenvalue weighted by Crippen LogP contribution is 2.35. The maximum atomic E-state index is 10.4. The summed E-state index contributed by atoms with van der Waals surface area (Å²) in [6.07, 6.45) is 12.5. The Bertz CT molecular complexity index is 758. The Morgan fingerprint density at radius 3 is 2.91 bits per heavy atom. The van der Waals surface area contributed by atoms with Gasteiger partial charge in [0.25, 0.3) is 0 Å². The van der Waals surface area contributed by atoms with Crippen molar-refractivity contribution in [1.29, 1.82) is 0 Å². The first-order valence-corrected chi connectivity index (χ1v) is 14.0. The first-order chi connectivity index (χ1) is 15.9. The van der Waals surface area contributed by atoms with Crippen molar-refractivity contribution >= 4 is 35.0 Å². The average molecular weight is 517 g/mol. The zero-order valence-corrected chi connectivity index (χ0v) is 21.9. The Hall–Kier alpha value is -0.470. The van der Waals surface area contributed by atoms with Crippen LogP contribution in [0.1, 0.15) is 51.9 Å². The fourth-order valence-corrected chi connectivity index (χ4v) is 6.44. The van der Waals surface area contributed by atoms with Crippen LogP contribution in [0.4, 0.5) is 0 Å². The minimum Gasteiger partial charge on any atom is -0.513 e. The molecule has 0 amide bonds. The molecule has 0 aromatic heterocycles. The summed E-state index contributed by atoms with van der Waals surface area (Å²) in [4.78, 5) is 2.58. The highest BCUT2D eigenvalue weighted by molar-refractivity contribution is 8.00. The fraction of sp³-hybridized carbons (Fsp3) is 0.680. The summed E-state index contributed by atoms with van der Waals surface area (Å²) in [5.74, 6) is 1.83. The lowest BCUT2D eigenvalue weighted by atomic mass is 9.88. The van der Waals surface area contributed by atoms with Crippen molar-refractivity contribution in [3.63, 3.8) is 0 Å². The summed E-state index contributed by atoms with van der Waals surface area (Å²) in [7, 11) is 0. The van der Waals surface area contributed by atoms with Crippen LogP contribution in [0, 0.1) is 11.8 Å². The molecule has 1 fully saturated rings. The average Bonchev–Trinajstić information content (AvgIpc) is 3.29. The van der Waals surface area contributed by atoms with Crippen LogP contribution in [0.3, 0.4) is 0 Å². The van der Waals surface area contributed by atoms with E-state index in [0.717, 1.165) is 49.6 Å². The Kier molecular flexibility index (Phi) is 11.2. The fourth-order valence-electron chi connectivity index (χ4n) is 4.65. The van der Waals surface area contributed by atoms with E-state index in [0.29, 0.717) is 35.5 Å². The lowest BCUT2D eigenvalue weighted by Gasteiger charge is -2.33. The van der Waals surface area contributed by atoms with Crippen LogP contribution in [0.25, 0.3) is 0 Å². The molecule has 0 saturated carbocycles. The predicted molar refractivity (Wildman–Crippen MR) is 141 cm³/mol. The molecule has 33 heavy (non-hydrogen) atoms. The molecule has 3 rings (SSSR count). The quantitative estimate of drug-likeness (QED) is 0.157. The molecule has 1 saturated heterocycles. The van der Waals surface area contributed by atoms with Gasteiger partial charge in [0.1, 0.15) is 11.7 Å². The van der Waals surface area contributed by atoms with E-state index in [1.54, 1.807) is 0 Å². The van der Waals surface area contributed by atoms with E-state index in [4.69, 9.17) is 23.2 Å². The van der Waals surface area contributed by atoms with Gasteiger partial charge in [-0.2, -0.15) is 0 Å². The molecule has 186 valence electrons. The van der Waals surface area contributed by atoms with Gasteiger partial charge in [0, 0.05) is 48.8 Å². The molecule has 0 bridgehead atoms. The van der Waals surface area contributed by atoms with Crippen LogP contribution in [-0.4, -0.2) is 58.3 Å². The summed E-state index contributed by atoms with van der Waals surface area (Å²) in [6.45, 7) is 8.33. The first-order valence-electron chi connectivity index (χ1n) is 12.2. The zero-order valence-electron chi connectivity index (χ0n) is 19.6. The normalized spacial score (nSPS) is 28.9. The number of aliphatic hydroxyl groups is 2. The lowest BCUT2D eigenvalue weighted by Crippen LogP contribution is -2.46. The largest absolute Gasteiger partial charge is 0.513 e. The summed E-state index contributed by atoms with van der Waals surface area (Å²) < 4.78 is 0. The predicted octanol–water partition coefficient (Wildman–Crippen LogP) is 5.44. The number of allylic oxidation sites excluding steroid dienone is 4. The Balaban J connectivity index is 1.51. The summed E-state index contributed by atoms with van der Waals surface area (Å²) >= 11 is 14.5. The minimum absolute atomic E-state index is 0.149. The number of thioether (sulfide) groups is 1. The van der Waals surface area contributed by atoms with Gasteiger partial charge in [-0.05, 0) is 44.1 Å². The van der Waals surface area contributed by atoms with Crippen molar-refractivity contribution in [2.45, 2.75) is 69.6 Å². The molecule has 1 heterocycles. The van der Waals surface area contributed by atoms with Crippen molar-refractivity contribution in [1.82, 2.24) is 15.5 Å². The van der Waals surface area contributed by atoms with Crippen LogP contribution in [0.15, 0.2) is 46.2 Å². The minimum atomic E-state index is -0.538. The number of nitrogens with zero attached hydrogens (tertiary/aromatic N) is 1. The molecular weight excluding hydrogens is 477 g/mol. The molecule has 2 aliphatic carbocycles. The molecule has 4 N–H and O–H groups in total. The number of nitrogens with one attached hydrogen (secondary N) is 2. The van der Waals surface area contributed by atoms with Gasteiger partial charge in [0.05, 0.1) is 10.8 Å². The number of rotatable bonds is 12. The number of hydrogen-bond acceptors (Lipinski definition) is 6. The van der Waals surface area contributed by atoms with Gasteiger partial charge in [-0.3, -0.25) is 15.5 Å². The molecule has 8 heteroatoms. The smallest absolute Gasteiger partial charge is 0.109 e. The van der Waals surface area contributed by atoms with Crippen molar-refractivity contribution in [3.8, 4) is 0 Å². The van der Waals surface area contributed by atoms with Gasteiger partial charge in [0.2, 0.25) is 0 Å². The van der Waals surface area contributed by atoms with Gasteiger partial charge in [-0.25, -0.2) is 0 Å². The van der Waals surface area contributed by atoms with Crippen molar-refractivity contribution in [3.05, 3.63) is 46.2 Å². The maximum absolute atomic E-state index is 10.4. The molecule has 0 radical (unpaired) electrons. The molecule has 1 aliphatic heterocycles. The lowest BCUT2D eigenvalue weighted by molar-refractivity contribution is 0.0683. The molecule has 0 aromatic rings. The maximum Gasteiger partial charge on any atom is 0.109 e. The van der Waals surface area contributed by atoms with E-state index >= 15 is 0 Å². The van der Waals surface area contributed by atoms with Crippen LogP contribution >= 0.6 is 35.0 Å². The third-order valence-electron chi connectivity index (χ3n) is 6.77. The summed E-state index contributed by atoms with van der Waals surface area (Å²) in [5.41, 5.74) is 1.78. The third-order valence-corrected chi connectivity index (χ3v) is 8.88. The van der Waals surface area contributed by atoms with Gasteiger partial charge in [-0.1, -0.05) is 60.9 Å². The number of aliphatic hydroxyl groups excluding tert-OH is 2. The van der Waals surface area contributed by atoms with Crippen molar-refractivity contribution < 1.29 is 10.2 Å². The number of halogens is 2. The molecule has 5 nitrogen and oxygen atoms in total. The van der Waals surface area contributed by atoms with E-state index in [9.17, 15) is 10.2 Å². The van der Waals surface area contributed by atoms with Gasteiger partial charge in [-0.15, -0.1) is 11.8 Å². The van der Waals surface area contributed by atoms with Crippen LogP contribution in [-0.2, 0) is 0 Å². The highest BCUT2D eigenvalue weighted by Gasteiger charge is 2.34. The highest BCUT2D eigenvalue weighted by atomic mass is 35.5. The second-order valence-corrected chi connectivity index (χ2v) is 11.4. The number of unbranched alkanes of at least 4 members (excludes halogenated alkanes) is 1. The molecule has 0 aromatic carbocycles. The Morgan fingerprint density at radius 1 is 1.42 bits per heavy atom. The van der Waals surface area contributed by atoms with Crippen molar-refractivity contribution in [2.75, 3.05) is 25.4 Å². The topological polar surface area (TPSA) is 67.8 Å². The molecule has 5 atom stereocenters. The van der Waals surface area contributed by atoms with E-state index in [2.05, 4.69) is 41.2 Å². The second-order valence-electron chi connectivity index (χ2n) is 9.37. The van der Waals surface area contributed by atoms with E-state index < -0.39 is 6.23 Å². The van der Waals surface area contributed by atoms with E-state index in [1.165, 1.54) is 18.4 Å². The monoisotopic (exact) mass is 515 g/mol. The molecular formula is C25H39Cl2N3O2S. The van der Waals surface area contributed by atoms with Crippen LogP contribution in [0.2, 0.25) is 0 Å². The first kappa shape index (κ1) is 27.1. The van der Waals surface area contributed by atoms with Gasteiger partial charge in [0.15, 0.2) is 0 Å².